The molecule has 1 fully saturated rings. The van der Waals surface area contributed by atoms with E-state index in [1.807, 2.05) is 0 Å². The highest BCUT2D eigenvalue weighted by atomic mass is 19.1. The number of hydrogen-bond acceptors (Lipinski definition) is 5. The largest absolute Gasteiger partial charge is 0.368 e. The number of nitrogens with one attached hydrogen (secondary N) is 2. The second-order valence-corrected chi connectivity index (χ2v) is 6.18. The molecule has 1 aliphatic heterocycles. The summed E-state index contributed by atoms with van der Waals surface area (Å²) < 4.78 is 13.1. The molecule has 134 valence electrons. The van der Waals surface area contributed by atoms with Crippen molar-refractivity contribution >= 4 is 28.6 Å². The predicted octanol–water partition coefficient (Wildman–Crippen LogP) is 2.15. The molecule has 3 aromatic rings. The normalized spacial score (nSPS) is 14.7. The molecule has 0 saturated carbocycles. The van der Waals surface area contributed by atoms with E-state index in [0.717, 1.165) is 48.8 Å². The number of anilines is 2. The third-order valence-electron chi connectivity index (χ3n) is 4.60. The van der Waals surface area contributed by atoms with Gasteiger partial charge in [0.2, 0.25) is 5.95 Å². The summed E-state index contributed by atoms with van der Waals surface area (Å²) in [6.07, 6.45) is 0. The van der Waals surface area contributed by atoms with Crippen LogP contribution >= 0.6 is 0 Å². The maximum atomic E-state index is 13.1. The highest BCUT2D eigenvalue weighted by Crippen LogP contribution is 2.22. The number of halogens is 1. The summed E-state index contributed by atoms with van der Waals surface area (Å²) in [5.41, 5.74) is 4.49. The molecule has 0 spiro atoms. The van der Waals surface area contributed by atoms with E-state index in [9.17, 15) is 9.18 Å². The minimum atomic E-state index is -0.559. The highest BCUT2D eigenvalue weighted by Gasteiger charge is 2.20. The van der Waals surface area contributed by atoms with Gasteiger partial charge in [0.25, 0.3) is 5.91 Å². The van der Waals surface area contributed by atoms with E-state index in [1.165, 1.54) is 12.1 Å². The molecular formula is C18H18FN5O2. The Bertz CT molecular complexity index is 932. The molecule has 1 aromatic heterocycles. The molecule has 0 atom stereocenters. The maximum Gasteiger partial charge on any atom is 0.274 e. The van der Waals surface area contributed by atoms with Crippen molar-refractivity contribution in [3.63, 3.8) is 0 Å². The summed E-state index contributed by atoms with van der Waals surface area (Å²) in [7, 11) is 0. The first-order valence-electron chi connectivity index (χ1n) is 8.34. The van der Waals surface area contributed by atoms with E-state index in [0.29, 0.717) is 5.56 Å². The van der Waals surface area contributed by atoms with Crippen LogP contribution in [0.4, 0.5) is 16.0 Å². The van der Waals surface area contributed by atoms with E-state index in [2.05, 4.69) is 19.8 Å². The number of hydroxylamine groups is 1. The van der Waals surface area contributed by atoms with Gasteiger partial charge < -0.3 is 14.8 Å². The van der Waals surface area contributed by atoms with Gasteiger partial charge in [-0.3, -0.25) is 10.0 Å². The number of H-pyrrole nitrogens is 1. The number of imidazole rings is 1. The van der Waals surface area contributed by atoms with Crippen LogP contribution in [0.5, 0.6) is 0 Å². The maximum absolute atomic E-state index is 13.1. The van der Waals surface area contributed by atoms with Gasteiger partial charge in [-0.15, -0.1) is 0 Å². The summed E-state index contributed by atoms with van der Waals surface area (Å²) in [6.45, 7) is 3.17. The smallest absolute Gasteiger partial charge is 0.274 e. The zero-order valence-corrected chi connectivity index (χ0v) is 13.9. The summed E-state index contributed by atoms with van der Waals surface area (Å²) in [6, 6.07) is 11.5. The van der Waals surface area contributed by atoms with Crippen molar-refractivity contribution in [3.8, 4) is 0 Å². The number of piperazine rings is 1. The molecule has 1 saturated heterocycles. The van der Waals surface area contributed by atoms with Crippen LogP contribution in [0.2, 0.25) is 0 Å². The Labute approximate surface area is 149 Å². The molecule has 3 N–H and O–H groups in total. The quantitative estimate of drug-likeness (QED) is 0.495. The van der Waals surface area contributed by atoms with Gasteiger partial charge in [-0.1, -0.05) is 0 Å². The SMILES string of the molecule is O=C(NO)c1ccc2nc(N3CCN(c4ccc(F)cc4)CC3)[nH]c2c1. The molecule has 0 bridgehead atoms. The molecule has 1 amide bonds. The third-order valence-corrected chi connectivity index (χ3v) is 4.60. The average molecular weight is 355 g/mol. The van der Waals surface area contributed by atoms with Crippen molar-refractivity contribution in [2.45, 2.75) is 0 Å². The van der Waals surface area contributed by atoms with E-state index < -0.39 is 5.91 Å². The first kappa shape index (κ1) is 16.3. The lowest BCUT2D eigenvalue weighted by Gasteiger charge is -2.36. The van der Waals surface area contributed by atoms with Gasteiger partial charge in [0.15, 0.2) is 0 Å². The number of aromatic amines is 1. The van der Waals surface area contributed by atoms with E-state index in [4.69, 9.17) is 5.21 Å². The minimum absolute atomic E-state index is 0.232. The molecule has 2 heterocycles. The first-order chi connectivity index (χ1) is 12.6. The topological polar surface area (TPSA) is 84.5 Å². The summed E-state index contributed by atoms with van der Waals surface area (Å²) in [4.78, 5) is 23.7. The number of amides is 1. The van der Waals surface area contributed by atoms with Crippen molar-refractivity contribution in [1.29, 1.82) is 0 Å². The number of rotatable bonds is 3. The number of benzene rings is 2. The van der Waals surface area contributed by atoms with Gasteiger partial charge in [0, 0.05) is 37.4 Å². The van der Waals surface area contributed by atoms with Crippen molar-refractivity contribution < 1.29 is 14.4 Å². The van der Waals surface area contributed by atoms with Gasteiger partial charge in [-0.05, 0) is 42.5 Å². The van der Waals surface area contributed by atoms with Crippen LogP contribution in [0, 0.1) is 5.82 Å². The molecule has 1 aliphatic rings. The third kappa shape index (κ3) is 3.06. The van der Waals surface area contributed by atoms with Crippen LogP contribution in [0.3, 0.4) is 0 Å². The molecule has 26 heavy (non-hydrogen) atoms. The summed E-state index contributed by atoms with van der Waals surface area (Å²) >= 11 is 0. The monoisotopic (exact) mass is 355 g/mol. The summed E-state index contributed by atoms with van der Waals surface area (Å²) in [5, 5.41) is 8.74. The Hall–Kier alpha value is -3.13. The number of carbonyl (C=O) groups is 1. The fourth-order valence-corrected chi connectivity index (χ4v) is 3.18. The van der Waals surface area contributed by atoms with Crippen molar-refractivity contribution in [2.24, 2.45) is 0 Å². The number of aromatic nitrogens is 2. The van der Waals surface area contributed by atoms with Crippen LogP contribution in [-0.4, -0.2) is 47.3 Å². The van der Waals surface area contributed by atoms with E-state index in [1.54, 1.807) is 35.8 Å². The van der Waals surface area contributed by atoms with Gasteiger partial charge >= 0.3 is 0 Å². The van der Waals surface area contributed by atoms with Crippen molar-refractivity contribution in [2.75, 3.05) is 36.0 Å². The number of fused-ring (bicyclic) bond motifs is 1. The van der Waals surface area contributed by atoms with Gasteiger partial charge in [-0.2, -0.15) is 0 Å². The lowest BCUT2D eigenvalue weighted by molar-refractivity contribution is 0.0706. The molecule has 0 unspecified atom stereocenters. The Morgan fingerprint density at radius 1 is 1.08 bits per heavy atom. The lowest BCUT2D eigenvalue weighted by Crippen LogP contribution is -2.46. The van der Waals surface area contributed by atoms with Crippen LogP contribution in [0.15, 0.2) is 42.5 Å². The second-order valence-electron chi connectivity index (χ2n) is 6.18. The zero-order chi connectivity index (χ0) is 18.1. The molecule has 0 aliphatic carbocycles. The average Bonchev–Trinajstić information content (AvgIpc) is 3.11. The molecule has 4 rings (SSSR count). The molecule has 8 heteroatoms. The fourth-order valence-electron chi connectivity index (χ4n) is 3.18. The standard InChI is InChI=1S/C18H18FN5O2/c19-13-2-4-14(5-3-13)23-7-9-24(10-8-23)18-20-15-6-1-12(17(25)22-26)11-16(15)21-18/h1-6,11,26H,7-10H2,(H,20,21)(H,22,25). The first-order valence-corrected chi connectivity index (χ1v) is 8.34. The van der Waals surface area contributed by atoms with E-state index >= 15 is 0 Å². The molecule has 0 radical (unpaired) electrons. The Balaban J connectivity index is 1.48. The van der Waals surface area contributed by atoms with Crippen LogP contribution in [0.25, 0.3) is 11.0 Å². The molecule has 2 aromatic carbocycles. The Kier molecular flexibility index (Phi) is 4.18. The number of hydrogen-bond donors (Lipinski definition) is 3. The Morgan fingerprint density at radius 3 is 2.46 bits per heavy atom. The minimum Gasteiger partial charge on any atom is -0.368 e. The van der Waals surface area contributed by atoms with Gasteiger partial charge in [0.05, 0.1) is 11.0 Å². The van der Waals surface area contributed by atoms with E-state index in [-0.39, 0.29) is 5.82 Å². The van der Waals surface area contributed by atoms with Gasteiger partial charge in [-0.25, -0.2) is 14.9 Å². The zero-order valence-electron chi connectivity index (χ0n) is 13.9. The molecular weight excluding hydrogens is 337 g/mol. The predicted molar refractivity (Wildman–Crippen MR) is 96.2 cm³/mol. The van der Waals surface area contributed by atoms with Crippen molar-refractivity contribution in [3.05, 3.63) is 53.8 Å². The van der Waals surface area contributed by atoms with Crippen LogP contribution < -0.4 is 15.3 Å². The molecule has 7 nitrogen and oxygen atoms in total. The second kappa shape index (κ2) is 6.64. The fraction of sp³-hybridized carbons (Fsp3) is 0.222. The van der Waals surface area contributed by atoms with Crippen molar-refractivity contribution in [1.82, 2.24) is 15.4 Å². The van der Waals surface area contributed by atoms with Gasteiger partial charge in [0.1, 0.15) is 5.82 Å². The van der Waals surface area contributed by atoms with Crippen LogP contribution in [0.1, 0.15) is 10.4 Å². The van der Waals surface area contributed by atoms with Crippen LogP contribution in [-0.2, 0) is 0 Å². The Morgan fingerprint density at radius 2 is 1.77 bits per heavy atom. The lowest BCUT2D eigenvalue weighted by atomic mass is 10.2. The number of carbonyl (C=O) groups excluding carboxylic acids is 1. The highest BCUT2D eigenvalue weighted by molar-refractivity contribution is 5.96. The summed E-state index contributed by atoms with van der Waals surface area (Å²) in [5.74, 6) is -0.0415. The number of nitrogens with zero attached hydrogens (tertiary/aromatic N) is 3.